The molecule has 0 saturated carbocycles. The Morgan fingerprint density at radius 1 is 1.22 bits per heavy atom. The Labute approximate surface area is 161 Å². The van der Waals surface area contributed by atoms with Crippen LogP contribution in [-0.2, 0) is 26.0 Å². The Morgan fingerprint density at radius 3 is 2.44 bits per heavy atom. The molecule has 0 aliphatic carbocycles. The highest BCUT2D eigenvalue weighted by Gasteiger charge is 2.37. The molecule has 27 heavy (non-hydrogen) atoms. The van der Waals surface area contributed by atoms with Crippen molar-refractivity contribution in [3.05, 3.63) is 23.8 Å². The lowest BCUT2D eigenvalue weighted by atomic mass is 10.1. The number of unbranched alkanes of at least 4 members (excludes halogenated alkanes) is 1. The second kappa shape index (κ2) is 8.84. The monoisotopic (exact) mass is 395 g/mol. The van der Waals surface area contributed by atoms with Gasteiger partial charge in [0.05, 0.1) is 4.90 Å². The summed E-state index contributed by atoms with van der Waals surface area (Å²) < 4.78 is 26.9. The Morgan fingerprint density at radius 2 is 1.89 bits per heavy atom. The lowest BCUT2D eigenvalue weighted by Gasteiger charge is -2.23. The first kappa shape index (κ1) is 21.4. The van der Waals surface area contributed by atoms with E-state index in [2.05, 4.69) is 5.32 Å². The van der Waals surface area contributed by atoms with E-state index >= 15 is 0 Å². The molecule has 1 aliphatic heterocycles. The maximum atomic E-state index is 12.8. The predicted octanol–water partition coefficient (Wildman–Crippen LogP) is 1.91. The number of hydrogen-bond acceptors (Lipinski definition) is 4. The number of sulfonamides is 1. The molecule has 1 N–H and O–H groups in total. The fraction of sp³-hybridized carbons (Fsp3) is 0.579. The minimum atomic E-state index is -3.59. The van der Waals surface area contributed by atoms with Crippen LogP contribution in [0.3, 0.4) is 0 Å². The highest BCUT2D eigenvalue weighted by atomic mass is 32.2. The van der Waals surface area contributed by atoms with Crippen LogP contribution in [0.4, 0.5) is 5.69 Å². The van der Waals surface area contributed by atoms with Gasteiger partial charge < -0.3 is 5.32 Å². The summed E-state index contributed by atoms with van der Waals surface area (Å²) in [5.74, 6) is -0.438. The fourth-order valence-electron chi connectivity index (χ4n) is 3.41. The minimum Gasteiger partial charge on any atom is -0.354 e. The van der Waals surface area contributed by atoms with Crippen LogP contribution in [0.1, 0.15) is 46.1 Å². The molecule has 0 bridgehead atoms. The van der Waals surface area contributed by atoms with Gasteiger partial charge in [-0.3, -0.25) is 14.5 Å². The van der Waals surface area contributed by atoms with Crippen LogP contribution < -0.4 is 10.2 Å². The van der Waals surface area contributed by atoms with E-state index in [1.54, 1.807) is 26.0 Å². The van der Waals surface area contributed by atoms with Gasteiger partial charge in [0.1, 0.15) is 6.04 Å². The van der Waals surface area contributed by atoms with Gasteiger partial charge in [0.25, 0.3) is 0 Å². The molecule has 1 atom stereocenters. The van der Waals surface area contributed by atoms with Crippen LogP contribution in [0.5, 0.6) is 0 Å². The van der Waals surface area contributed by atoms with Gasteiger partial charge in [-0.2, -0.15) is 4.31 Å². The average molecular weight is 396 g/mol. The molecule has 0 spiro atoms. The van der Waals surface area contributed by atoms with E-state index in [4.69, 9.17) is 0 Å². The van der Waals surface area contributed by atoms with Crippen LogP contribution in [0.25, 0.3) is 0 Å². The van der Waals surface area contributed by atoms with E-state index in [1.165, 1.54) is 22.2 Å². The summed E-state index contributed by atoms with van der Waals surface area (Å²) in [6.07, 6.45) is 2.15. The number of nitrogens with one attached hydrogen (secondary N) is 1. The van der Waals surface area contributed by atoms with E-state index in [9.17, 15) is 18.0 Å². The van der Waals surface area contributed by atoms with Crippen molar-refractivity contribution in [3.8, 4) is 0 Å². The Kier molecular flexibility index (Phi) is 7.00. The van der Waals surface area contributed by atoms with Crippen molar-refractivity contribution < 1.29 is 18.0 Å². The Bertz CT molecular complexity index is 803. The second-order valence-electron chi connectivity index (χ2n) is 6.63. The molecule has 2 amide bonds. The van der Waals surface area contributed by atoms with Gasteiger partial charge in [0.15, 0.2) is 0 Å². The summed E-state index contributed by atoms with van der Waals surface area (Å²) in [6.45, 7) is 8.38. The van der Waals surface area contributed by atoms with Gasteiger partial charge in [0, 0.05) is 38.7 Å². The van der Waals surface area contributed by atoms with Crippen LogP contribution in [0, 0.1) is 0 Å². The van der Waals surface area contributed by atoms with E-state index in [0.717, 1.165) is 12.8 Å². The van der Waals surface area contributed by atoms with Crippen molar-refractivity contribution in [2.24, 2.45) is 0 Å². The van der Waals surface area contributed by atoms with Gasteiger partial charge >= 0.3 is 0 Å². The second-order valence-corrected chi connectivity index (χ2v) is 8.57. The van der Waals surface area contributed by atoms with Crippen LogP contribution in [0.2, 0.25) is 0 Å². The first-order chi connectivity index (χ1) is 12.8. The largest absolute Gasteiger partial charge is 0.354 e. The number of nitrogens with zero attached hydrogens (tertiary/aromatic N) is 2. The van der Waals surface area contributed by atoms with Crippen molar-refractivity contribution in [1.29, 1.82) is 0 Å². The van der Waals surface area contributed by atoms with Crippen LogP contribution >= 0.6 is 0 Å². The fourth-order valence-corrected chi connectivity index (χ4v) is 4.92. The Balaban J connectivity index is 2.34. The molecule has 1 heterocycles. The molecule has 8 heteroatoms. The maximum absolute atomic E-state index is 12.8. The summed E-state index contributed by atoms with van der Waals surface area (Å²) in [7, 11) is -3.59. The zero-order chi connectivity index (χ0) is 20.2. The summed E-state index contributed by atoms with van der Waals surface area (Å²) in [5, 5.41) is 2.87. The van der Waals surface area contributed by atoms with Crippen molar-refractivity contribution in [2.45, 2.75) is 57.9 Å². The van der Waals surface area contributed by atoms with E-state index in [1.807, 2.05) is 6.92 Å². The maximum Gasteiger partial charge on any atom is 0.243 e. The topological polar surface area (TPSA) is 86.8 Å². The molecule has 1 aromatic carbocycles. The predicted molar refractivity (Wildman–Crippen MR) is 105 cm³/mol. The number of rotatable bonds is 8. The zero-order valence-electron chi connectivity index (χ0n) is 16.5. The first-order valence-electron chi connectivity index (χ1n) is 9.48. The van der Waals surface area contributed by atoms with Crippen molar-refractivity contribution in [2.75, 3.05) is 24.5 Å². The summed E-state index contributed by atoms with van der Waals surface area (Å²) in [4.78, 5) is 26.4. The average Bonchev–Trinajstić information content (AvgIpc) is 3.01. The summed E-state index contributed by atoms with van der Waals surface area (Å²) in [6, 6.07) is 4.10. The molecule has 2 rings (SSSR count). The van der Waals surface area contributed by atoms with E-state index < -0.39 is 16.1 Å². The van der Waals surface area contributed by atoms with Gasteiger partial charge in [-0.1, -0.05) is 27.2 Å². The minimum absolute atomic E-state index is 0.195. The van der Waals surface area contributed by atoms with Gasteiger partial charge in [-0.25, -0.2) is 8.42 Å². The zero-order valence-corrected chi connectivity index (χ0v) is 17.3. The standard InChI is InChI=1S/C19H29N3O4S/c1-5-8-11-20-19(24)18-13-15-12-16(27(25,26)21(6-2)7-3)9-10-17(15)22(18)14(4)23/h9-10,12,18H,5-8,11,13H2,1-4H3,(H,20,24). The lowest BCUT2D eigenvalue weighted by Crippen LogP contribution is -2.47. The van der Waals surface area contributed by atoms with Crippen molar-refractivity contribution in [1.82, 2.24) is 9.62 Å². The number of carbonyl (C=O) groups excluding carboxylic acids is 2. The summed E-state index contributed by atoms with van der Waals surface area (Å²) in [5.41, 5.74) is 1.31. The molecule has 1 unspecified atom stereocenters. The third-order valence-corrected chi connectivity index (χ3v) is 6.90. The van der Waals surface area contributed by atoms with Crippen LogP contribution in [0.15, 0.2) is 23.1 Å². The highest BCUT2D eigenvalue weighted by molar-refractivity contribution is 7.89. The molecule has 0 saturated heterocycles. The molecule has 7 nitrogen and oxygen atoms in total. The lowest BCUT2D eigenvalue weighted by molar-refractivity contribution is -0.125. The number of benzene rings is 1. The molecule has 150 valence electrons. The van der Waals surface area contributed by atoms with E-state index in [-0.39, 0.29) is 16.7 Å². The van der Waals surface area contributed by atoms with Gasteiger partial charge in [0.2, 0.25) is 21.8 Å². The van der Waals surface area contributed by atoms with Gasteiger partial charge in [-0.15, -0.1) is 0 Å². The first-order valence-corrected chi connectivity index (χ1v) is 10.9. The smallest absolute Gasteiger partial charge is 0.243 e. The number of hydrogen-bond donors (Lipinski definition) is 1. The normalized spacial score (nSPS) is 16.5. The summed E-state index contributed by atoms with van der Waals surface area (Å²) >= 11 is 0. The molecular weight excluding hydrogens is 366 g/mol. The number of fused-ring (bicyclic) bond motifs is 1. The molecular formula is C19H29N3O4S. The number of carbonyl (C=O) groups is 2. The van der Waals surface area contributed by atoms with Crippen molar-refractivity contribution in [3.63, 3.8) is 0 Å². The quantitative estimate of drug-likeness (QED) is 0.681. The molecule has 0 radical (unpaired) electrons. The van der Waals surface area contributed by atoms with E-state index in [0.29, 0.717) is 37.3 Å². The van der Waals surface area contributed by atoms with Gasteiger partial charge in [-0.05, 0) is 30.2 Å². The molecule has 1 aliphatic rings. The number of anilines is 1. The molecule has 1 aromatic rings. The van der Waals surface area contributed by atoms with Crippen LogP contribution in [-0.4, -0.2) is 50.2 Å². The van der Waals surface area contributed by atoms with Crippen molar-refractivity contribution >= 4 is 27.5 Å². The highest BCUT2D eigenvalue weighted by Crippen LogP contribution is 2.34. The third-order valence-electron chi connectivity index (χ3n) is 4.85. The number of amides is 2. The molecule has 0 aromatic heterocycles. The molecule has 0 fully saturated rings. The Hall–Kier alpha value is -1.93. The third kappa shape index (κ3) is 4.32. The SMILES string of the molecule is CCCCNC(=O)C1Cc2cc(S(=O)(=O)N(CC)CC)ccc2N1C(C)=O.